The number of pyridine rings is 1. The van der Waals surface area contributed by atoms with E-state index in [0.717, 1.165) is 29.8 Å². The molecule has 1 aromatic heterocycles. The van der Waals surface area contributed by atoms with Gasteiger partial charge in [-0.25, -0.2) is 22.0 Å². The predicted molar refractivity (Wildman–Crippen MR) is 158 cm³/mol. The summed E-state index contributed by atoms with van der Waals surface area (Å²) in [7, 11) is 2.01. The molecule has 4 aromatic rings. The van der Waals surface area contributed by atoms with Crippen LogP contribution in [0.2, 0.25) is 0 Å². The zero-order chi connectivity index (χ0) is 32.8. The van der Waals surface area contributed by atoms with Gasteiger partial charge in [-0.15, -0.1) is 0 Å². The number of hydrogen-bond acceptors (Lipinski definition) is 6. The van der Waals surface area contributed by atoms with Crippen molar-refractivity contribution >= 4 is 5.91 Å². The maximum absolute atomic E-state index is 14.0. The fourth-order valence-corrected chi connectivity index (χ4v) is 5.19. The third kappa shape index (κ3) is 7.76. The molecule has 7 nitrogen and oxygen atoms in total. The quantitative estimate of drug-likeness (QED) is 0.120. The average molecular weight is 642 g/mol. The van der Waals surface area contributed by atoms with Crippen molar-refractivity contribution in [2.45, 2.75) is 44.5 Å². The van der Waals surface area contributed by atoms with Crippen molar-refractivity contribution in [1.29, 1.82) is 0 Å². The molecule has 12 heteroatoms. The molecule has 1 fully saturated rings. The molecule has 2 N–H and O–H groups in total. The van der Waals surface area contributed by atoms with Crippen molar-refractivity contribution in [2.75, 3.05) is 20.1 Å². The number of aromatic nitrogens is 1. The average Bonchev–Trinajstić information content (AvgIpc) is 3.08. The molecule has 1 aliphatic heterocycles. The van der Waals surface area contributed by atoms with Crippen LogP contribution < -0.4 is 5.32 Å². The van der Waals surface area contributed by atoms with E-state index in [1.165, 1.54) is 0 Å². The van der Waals surface area contributed by atoms with E-state index in [1.807, 2.05) is 49.5 Å². The van der Waals surface area contributed by atoms with Crippen molar-refractivity contribution < 1.29 is 41.3 Å². The number of nitrogens with one attached hydrogen (secondary N) is 1. The Kier molecular flexibility index (Phi) is 10.7. The lowest BCUT2D eigenvalue weighted by Gasteiger charge is -2.38. The predicted octanol–water partition coefficient (Wildman–Crippen LogP) is 5.92. The molecule has 0 spiro atoms. The normalized spacial score (nSPS) is 18.1. The highest BCUT2D eigenvalue weighted by Gasteiger charge is 2.33. The standard InChI is InChI=1S/C34H32F5N3O4/c1-42(15-13-24-4-2-3-14-40-24)18-25-16-26(22-9-7-21(19-43)8-10-22)46-34(45-25)23-11-5-20(6-12-23)17-41-33(44)27-28(35)30(37)32(39)31(38)29(27)36/h2-12,14,25-26,34,43H,13,15-19H2,1H3,(H,41,44)/t25-,26+,34+/m0/s1. The summed E-state index contributed by atoms with van der Waals surface area (Å²) in [5.41, 5.74) is 2.32. The summed E-state index contributed by atoms with van der Waals surface area (Å²) >= 11 is 0. The van der Waals surface area contributed by atoms with Gasteiger partial charge >= 0.3 is 0 Å². The van der Waals surface area contributed by atoms with Crippen molar-refractivity contribution in [3.05, 3.63) is 136 Å². The lowest BCUT2D eigenvalue weighted by atomic mass is 9.99. The monoisotopic (exact) mass is 641 g/mol. The van der Waals surface area contributed by atoms with Crippen LogP contribution in [0.25, 0.3) is 0 Å². The summed E-state index contributed by atoms with van der Waals surface area (Å²) in [5.74, 6) is -12.6. The van der Waals surface area contributed by atoms with E-state index in [0.29, 0.717) is 24.1 Å². The molecule has 0 bridgehead atoms. The molecule has 5 rings (SSSR count). The smallest absolute Gasteiger partial charge is 0.257 e. The Bertz CT molecular complexity index is 1610. The number of carbonyl (C=O) groups is 1. The molecular formula is C34H32F5N3O4. The van der Waals surface area contributed by atoms with Crippen LogP contribution in [0.15, 0.2) is 72.9 Å². The third-order valence-electron chi connectivity index (χ3n) is 7.75. The number of halogens is 5. The second kappa shape index (κ2) is 14.9. The van der Waals surface area contributed by atoms with Gasteiger partial charge in [0.05, 0.1) is 18.8 Å². The molecule has 2 heterocycles. The summed E-state index contributed by atoms with van der Waals surface area (Å²) in [5, 5.41) is 11.6. The highest BCUT2D eigenvalue weighted by molar-refractivity contribution is 5.94. The number of aliphatic hydroxyl groups excluding tert-OH is 1. The second-order valence-electron chi connectivity index (χ2n) is 11.1. The van der Waals surface area contributed by atoms with Crippen LogP contribution in [0.3, 0.4) is 0 Å². The van der Waals surface area contributed by atoms with Crippen LogP contribution in [0.4, 0.5) is 22.0 Å². The zero-order valence-corrected chi connectivity index (χ0v) is 24.9. The van der Waals surface area contributed by atoms with Gasteiger partial charge in [0.2, 0.25) is 5.82 Å². The Balaban J connectivity index is 1.27. The molecule has 0 saturated carbocycles. The first-order chi connectivity index (χ1) is 22.1. The molecule has 3 aromatic carbocycles. The van der Waals surface area contributed by atoms with Crippen molar-refractivity contribution in [1.82, 2.24) is 15.2 Å². The number of aliphatic hydroxyl groups is 1. The topological polar surface area (TPSA) is 83.9 Å². The first-order valence-electron chi connectivity index (χ1n) is 14.6. The number of likely N-dealkylation sites (N-methyl/N-ethyl adjacent to an activating group) is 1. The molecule has 0 aliphatic carbocycles. The Labute approximate surface area is 262 Å². The van der Waals surface area contributed by atoms with Crippen LogP contribution >= 0.6 is 0 Å². The van der Waals surface area contributed by atoms with Gasteiger partial charge in [-0.3, -0.25) is 9.78 Å². The summed E-state index contributed by atoms with van der Waals surface area (Å²) < 4.78 is 81.2. The SMILES string of the molecule is CN(CCc1ccccn1)C[C@@H]1C[C@H](c2ccc(CO)cc2)O[C@H](c2ccc(CNC(=O)c3c(F)c(F)c(F)c(F)c3F)cc2)O1. The number of nitrogens with zero attached hydrogens (tertiary/aromatic N) is 2. The maximum Gasteiger partial charge on any atom is 0.257 e. The number of carbonyl (C=O) groups excluding carboxylic acids is 1. The lowest BCUT2D eigenvalue weighted by molar-refractivity contribution is -0.252. The minimum Gasteiger partial charge on any atom is -0.392 e. The van der Waals surface area contributed by atoms with E-state index in [4.69, 9.17) is 9.47 Å². The van der Waals surface area contributed by atoms with Crippen LogP contribution in [0.1, 0.15) is 57.1 Å². The van der Waals surface area contributed by atoms with E-state index in [-0.39, 0.29) is 25.4 Å². The number of amides is 1. The van der Waals surface area contributed by atoms with Gasteiger partial charge in [-0.05, 0) is 35.9 Å². The van der Waals surface area contributed by atoms with E-state index >= 15 is 0 Å². The van der Waals surface area contributed by atoms with Gasteiger partial charge in [0.25, 0.3) is 5.91 Å². The van der Waals surface area contributed by atoms with Crippen molar-refractivity contribution in [3.63, 3.8) is 0 Å². The van der Waals surface area contributed by atoms with Gasteiger partial charge in [-0.1, -0.05) is 54.6 Å². The Morgan fingerprint density at radius 1 is 0.870 bits per heavy atom. The molecule has 0 unspecified atom stereocenters. The first kappa shape index (κ1) is 33.1. The van der Waals surface area contributed by atoms with Crippen LogP contribution in [-0.2, 0) is 29.0 Å². The minimum absolute atomic E-state index is 0.0738. The number of benzene rings is 3. The van der Waals surface area contributed by atoms with Gasteiger partial charge in [0, 0.05) is 49.9 Å². The first-order valence-corrected chi connectivity index (χ1v) is 14.6. The summed E-state index contributed by atoms with van der Waals surface area (Å²) in [4.78, 5) is 18.9. The third-order valence-corrected chi connectivity index (χ3v) is 7.75. The molecule has 3 atom stereocenters. The fourth-order valence-electron chi connectivity index (χ4n) is 5.19. The number of rotatable bonds is 11. The molecule has 1 aliphatic rings. The molecule has 1 saturated heterocycles. The van der Waals surface area contributed by atoms with Gasteiger partial charge in [-0.2, -0.15) is 0 Å². The molecule has 46 heavy (non-hydrogen) atoms. The Hall–Kier alpha value is -4.23. The minimum atomic E-state index is -2.34. The molecule has 1 amide bonds. The van der Waals surface area contributed by atoms with Gasteiger partial charge in [0.15, 0.2) is 29.6 Å². The molecular weight excluding hydrogens is 609 g/mol. The maximum atomic E-state index is 14.0. The van der Waals surface area contributed by atoms with Gasteiger partial charge in [0.1, 0.15) is 5.56 Å². The Morgan fingerprint density at radius 2 is 1.50 bits per heavy atom. The fraction of sp³-hybridized carbons (Fsp3) is 0.294. The van der Waals surface area contributed by atoms with E-state index in [2.05, 4.69) is 15.2 Å². The number of ether oxygens (including phenoxy) is 2. The van der Waals surface area contributed by atoms with Crippen molar-refractivity contribution in [3.8, 4) is 0 Å². The Morgan fingerprint density at radius 3 is 2.13 bits per heavy atom. The number of hydrogen-bond donors (Lipinski definition) is 2. The summed E-state index contributed by atoms with van der Waals surface area (Å²) in [6.07, 6.45) is 1.88. The van der Waals surface area contributed by atoms with Gasteiger partial charge < -0.3 is 24.8 Å². The van der Waals surface area contributed by atoms with Crippen molar-refractivity contribution in [2.24, 2.45) is 0 Å². The zero-order valence-electron chi connectivity index (χ0n) is 24.9. The highest BCUT2D eigenvalue weighted by atomic mass is 19.2. The largest absolute Gasteiger partial charge is 0.392 e. The highest BCUT2D eigenvalue weighted by Crippen LogP contribution is 2.38. The van der Waals surface area contributed by atoms with E-state index in [1.54, 1.807) is 30.5 Å². The summed E-state index contributed by atoms with van der Waals surface area (Å²) in [6, 6.07) is 20.0. The van der Waals surface area contributed by atoms with Crippen LogP contribution in [0, 0.1) is 29.1 Å². The second-order valence-corrected chi connectivity index (χ2v) is 11.1. The molecule has 242 valence electrons. The van der Waals surface area contributed by atoms with Crippen LogP contribution in [-0.4, -0.2) is 47.1 Å². The lowest BCUT2D eigenvalue weighted by Crippen LogP contribution is -2.38. The van der Waals surface area contributed by atoms with E-state index < -0.39 is 46.8 Å². The summed E-state index contributed by atoms with van der Waals surface area (Å²) in [6.45, 7) is 1.08. The van der Waals surface area contributed by atoms with E-state index in [9.17, 15) is 31.9 Å². The van der Waals surface area contributed by atoms with Crippen LogP contribution in [0.5, 0.6) is 0 Å². The molecule has 0 radical (unpaired) electrons.